The molecule has 0 fully saturated rings. The summed E-state index contributed by atoms with van der Waals surface area (Å²) in [7, 11) is 0. The van der Waals surface area contributed by atoms with Gasteiger partial charge in [0.05, 0.1) is 24.0 Å². The number of benzene rings is 1. The van der Waals surface area contributed by atoms with Crippen molar-refractivity contribution < 1.29 is 9.18 Å². The number of rotatable bonds is 4. The maximum atomic E-state index is 12.9. The van der Waals surface area contributed by atoms with Crippen molar-refractivity contribution in [1.82, 2.24) is 15.2 Å². The predicted molar refractivity (Wildman–Crippen MR) is 78.9 cm³/mol. The zero-order chi connectivity index (χ0) is 15.4. The van der Waals surface area contributed by atoms with Gasteiger partial charge in [0, 0.05) is 6.92 Å². The van der Waals surface area contributed by atoms with Gasteiger partial charge in [0.15, 0.2) is 0 Å². The molecule has 1 aromatic heterocycles. The van der Waals surface area contributed by atoms with Crippen LogP contribution in [0.5, 0.6) is 0 Å². The molecule has 0 bridgehead atoms. The average Bonchev–Trinajstić information content (AvgIpc) is 2.68. The largest absolute Gasteiger partial charge is 0.274 e. The summed E-state index contributed by atoms with van der Waals surface area (Å²) in [6, 6.07) is 6.12. The van der Waals surface area contributed by atoms with Crippen molar-refractivity contribution in [3.8, 4) is 0 Å². The molecule has 2 rings (SSSR count). The SMILES string of the molecule is CC(=O)N/N=C/c1c(C)nn(Cc2ccc(F)cc2)c1Cl. The van der Waals surface area contributed by atoms with Gasteiger partial charge in [-0.1, -0.05) is 23.7 Å². The van der Waals surface area contributed by atoms with E-state index in [4.69, 9.17) is 11.6 Å². The summed E-state index contributed by atoms with van der Waals surface area (Å²) in [5.41, 5.74) is 4.51. The Kier molecular flexibility index (Phi) is 4.70. The summed E-state index contributed by atoms with van der Waals surface area (Å²) in [6.07, 6.45) is 1.45. The molecular weight excluding hydrogens is 295 g/mol. The second-order valence-corrected chi connectivity index (χ2v) is 4.86. The fourth-order valence-electron chi connectivity index (χ4n) is 1.77. The number of hydrogen-bond acceptors (Lipinski definition) is 3. The Balaban J connectivity index is 2.20. The van der Waals surface area contributed by atoms with E-state index in [9.17, 15) is 9.18 Å². The van der Waals surface area contributed by atoms with Crippen LogP contribution in [0.4, 0.5) is 4.39 Å². The molecule has 21 heavy (non-hydrogen) atoms. The minimum atomic E-state index is -0.287. The fourth-order valence-corrected chi connectivity index (χ4v) is 2.05. The second-order valence-electron chi connectivity index (χ2n) is 4.50. The van der Waals surface area contributed by atoms with Gasteiger partial charge in [-0.25, -0.2) is 14.5 Å². The first-order valence-corrected chi connectivity index (χ1v) is 6.62. The van der Waals surface area contributed by atoms with Gasteiger partial charge in [-0.2, -0.15) is 10.2 Å². The Labute approximate surface area is 126 Å². The number of hydrogen-bond donors (Lipinski definition) is 1. The summed E-state index contributed by atoms with van der Waals surface area (Å²) in [6.45, 7) is 3.58. The highest BCUT2D eigenvalue weighted by molar-refractivity contribution is 6.32. The lowest BCUT2D eigenvalue weighted by molar-refractivity contribution is -0.118. The highest BCUT2D eigenvalue weighted by Crippen LogP contribution is 2.19. The number of aryl methyl sites for hydroxylation is 1. The van der Waals surface area contributed by atoms with E-state index >= 15 is 0 Å². The smallest absolute Gasteiger partial charge is 0.236 e. The molecule has 0 saturated carbocycles. The first kappa shape index (κ1) is 15.2. The third kappa shape index (κ3) is 3.88. The quantitative estimate of drug-likeness (QED) is 0.697. The highest BCUT2D eigenvalue weighted by atomic mass is 35.5. The van der Waals surface area contributed by atoms with Crippen LogP contribution in [0.1, 0.15) is 23.7 Å². The van der Waals surface area contributed by atoms with Gasteiger partial charge < -0.3 is 0 Å². The molecule has 0 atom stereocenters. The van der Waals surface area contributed by atoms with Crippen molar-refractivity contribution in [2.45, 2.75) is 20.4 Å². The van der Waals surface area contributed by atoms with Gasteiger partial charge in [0.25, 0.3) is 0 Å². The zero-order valence-corrected chi connectivity index (χ0v) is 12.4. The van der Waals surface area contributed by atoms with E-state index in [1.165, 1.54) is 25.3 Å². The molecule has 0 radical (unpaired) electrons. The number of carbonyl (C=O) groups is 1. The lowest BCUT2D eigenvalue weighted by Crippen LogP contribution is -2.12. The van der Waals surface area contributed by atoms with Gasteiger partial charge in [-0.3, -0.25) is 4.79 Å². The van der Waals surface area contributed by atoms with Crippen molar-refractivity contribution in [2.75, 3.05) is 0 Å². The molecule has 1 amide bonds. The van der Waals surface area contributed by atoms with Crippen LogP contribution >= 0.6 is 11.6 Å². The minimum Gasteiger partial charge on any atom is -0.274 e. The first-order valence-electron chi connectivity index (χ1n) is 6.24. The molecule has 0 aliphatic carbocycles. The van der Waals surface area contributed by atoms with Gasteiger partial charge >= 0.3 is 0 Å². The number of amides is 1. The molecular formula is C14H14ClFN4O. The van der Waals surface area contributed by atoms with Crippen molar-refractivity contribution in [2.24, 2.45) is 5.10 Å². The van der Waals surface area contributed by atoms with Crippen LogP contribution in [0.2, 0.25) is 5.15 Å². The van der Waals surface area contributed by atoms with Crippen LogP contribution in [0.25, 0.3) is 0 Å². The Morgan fingerprint density at radius 2 is 2.14 bits per heavy atom. The van der Waals surface area contributed by atoms with Crippen LogP contribution in [-0.4, -0.2) is 21.9 Å². The average molecular weight is 309 g/mol. The lowest BCUT2D eigenvalue weighted by atomic mass is 10.2. The molecule has 0 aliphatic rings. The van der Waals surface area contributed by atoms with E-state index in [1.807, 2.05) is 0 Å². The third-order valence-electron chi connectivity index (χ3n) is 2.77. The van der Waals surface area contributed by atoms with Crippen molar-refractivity contribution in [1.29, 1.82) is 0 Å². The van der Waals surface area contributed by atoms with Crippen LogP contribution in [0.15, 0.2) is 29.4 Å². The van der Waals surface area contributed by atoms with Gasteiger partial charge in [-0.05, 0) is 24.6 Å². The Bertz CT molecular complexity index is 679. The summed E-state index contributed by atoms with van der Waals surface area (Å²) < 4.78 is 14.5. The van der Waals surface area contributed by atoms with Gasteiger partial charge in [0.1, 0.15) is 11.0 Å². The Morgan fingerprint density at radius 1 is 1.48 bits per heavy atom. The summed E-state index contributed by atoms with van der Waals surface area (Å²) in [5.74, 6) is -0.552. The van der Waals surface area contributed by atoms with Crippen molar-refractivity contribution >= 4 is 23.7 Å². The lowest BCUT2D eigenvalue weighted by Gasteiger charge is -2.03. The minimum absolute atomic E-state index is 0.265. The number of halogens is 2. The third-order valence-corrected chi connectivity index (χ3v) is 3.17. The molecule has 1 heterocycles. The zero-order valence-electron chi connectivity index (χ0n) is 11.6. The van der Waals surface area contributed by atoms with Crippen molar-refractivity contribution in [3.05, 3.63) is 52.1 Å². The van der Waals surface area contributed by atoms with E-state index in [-0.39, 0.29) is 11.7 Å². The van der Waals surface area contributed by atoms with Crippen molar-refractivity contribution in [3.63, 3.8) is 0 Å². The number of aromatic nitrogens is 2. The van der Waals surface area contributed by atoms with E-state index in [0.29, 0.717) is 23.0 Å². The van der Waals surface area contributed by atoms with Crippen LogP contribution in [0.3, 0.4) is 0 Å². The molecule has 7 heteroatoms. The molecule has 1 aromatic carbocycles. The van der Waals surface area contributed by atoms with E-state index in [1.54, 1.807) is 23.7 Å². The molecule has 0 spiro atoms. The molecule has 2 aromatic rings. The standard InChI is InChI=1S/C14H14ClFN4O/c1-9-13(7-17-18-10(2)21)14(15)20(19-9)8-11-3-5-12(16)6-4-11/h3-7H,8H2,1-2H3,(H,18,21)/b17-7+. The van der Waals surface area contributed by atoms with Crippen LogP contribution in [0, 0.1) is 12.7 Å². The number of nitrogens with one attached hydrogen (secondary N) is 1. The van der Waals surface area contributed by atoms with E-state index < -0.39 is 0 Å². The second kappa shape index (κ2) is 6.49. The maximum absolute atomic E-state index is 12.9. The predicted octanol–water partition coefficient (Wildman–Crippen LogP) is 2.50. The molecule has 1 N–H and O–H groups in total. The molecule has 5 nitrogen and oxygen atoms in total. The van der Waals surface area contributed by atoms with Gasteiger partial charge in [0.2, 0.25) is 5.91 Å². The van der Waals surface area contributed by atoms with Gasteiger partial charge in [-0.15, -0.1) is 0 Å². The number of nitrogens with zero attached hydrogens (tertiary/aromatic N) is 3. The molecule has 0 aliphatic heterocycles. The number of hydrazone groups is 1. The summed E-state index contributed by atoms with van der Waals surface area (Å²) >= 11 is 6.25. The Hall–Kier alpha value is -2.21. The maximum Gasteiger partial charge on any atom is 0.236 e. The normalized spacial score (nSPS) is 11.0. The van der Waals surface area contributed by atoms with Crippen LogP contribution in [-0.2, 0) is 11.3 Å². The van der Waals surface area contributed by atoms with Crippen LogP contribution < -0.4 is 5.43 Å². The molecule has 0 saturated heterocycles. The highest BCUT2D eigenvalue weighted by Gasteiger charge is 2.12. The van der Waals surface area contributed by atoms with E-state index in [0.717, 1.165) is 5.56 Å². The van der Waals surface area contributed by atoms with E-state index in [2.05, 4.69) is 15.6 Å². The molecule has 110 valence electrons. The number of carbonyl (C=O) groups excluding carboxylic acids is 1. The fraction of sp³-hybridized carbons (Fsp3) is 0.214. The topological polar surface area (TPSA) is 59.3 Å². The molecule has 0 unspecified atom stereocenters. The first-order chi connectivity index (χ1) is 9.97. The monoisotopic (exact) mass is 308 g/mol. The Morgan fingerprint density at radius 3 is 2.76 bits per heavy atom. The summed E-state index contributed by atoms with van der Waals surface area (Å²) in [4.78, 5) is 10.8. The summed E-state index contributed by atoms with van der Waals surface area (Å²) in [5, 5.41) is 8.50.